The van der Waals surface area contributed by atoms with E-state index in [9.17, 15) is 9.59 Å². The lowest BCUT2D eigenvalue weighted by Gasteiger charge is -2.17. The number of carboxylic acids is 1. The van der Waals surface area contributed by atoms with Gasteiger partial charge >= 0.3 is 12.0 Å². The monoisotopic (exact) mass is 284 g/mol. The van der Waals surface area contributed by atoms with Gasteiger partial charge in [0.15, 0.2) is 5.82 Å². The Hall–Kier alpha value is -2.12. The van der Waals surface area contributed by atoms with E-state index in [-0.39, 0.29) is 24.9 Å². The van der Waals surface area contributed by atoms with Gasteiger partial charge in [-0.05, 0) is 18.3 Å². The van der Waals surface area contributed by atoms with Crippen LogP contribution in [-0.2, 0) is 11.3 Å². The molecule has 2 amide bonds. The summed E-state index contributed by atoms with van der Waals surface area (Å²) in [6, 6.07) is -0.381. The Labute approximate surface area is 116 Å². The van der Waals surface area contributed by atoms with Crippen molar-refractivity contribution in [3.63, 3.8) is 0 Å². The predicted octanol–water partition coefficient (Wildman–Crippen LogP) is 1.01. The van der Waals surface area contributed by atoms with Crippen LogP contribution >= 0.6 is 0 Å². The van der Waals surface area contributed by atoms with Crippen molar-refractivity contribution in [2.24, 2.45) is 11.8 Å². The number of nitrogens with zero attached hydrogens (tertiary/aromatic N) is 2. The minimum atomic E-state index is -0.857. The van der Waals surface area contributed by atoms with Gasteiger partial charge in [0, 0.05) is 13.0 Å². The first kappa shape index (κ1) is 15.9. The summed E-state index contributed by atoms with van der Waals surface area (Å²) in [4.78, 5) is 26.1. The molecule has 0 fully saturated rings. The lowest BCUT2D eigenvalue weighted by Crippen LogP contribution is -2.38. The summed E-state index contributed by atoms with van der Waals surface area (Å²) < 4.78 is 4.53. The fourth-order valence-electron chi connectivity index (χ4n) is 1.88. The molecule has 0 spiro atoms. The Morgan fingerprint density at radius 2 is 2.15 bits per heavy atom. The quantitative estimate of drug-likeness (QED) is 0.655. The maximum atomic E-state index is 11.6. The van der Waals surface area contributed by atoms with Gasteiger partial charge in [-0.1, -0.05) is 19.0 Å². The molecule has 0 aliphatic carbocycles. The lowest BCUT2D eigenvalue weighted by molar-refractivity contribution is -0.138. The Balaban J connectivity index is 2.30. The van der Waals surface area contributed by atoms with Crippen LogP contribution in [0, 0.1) is 11.8 Å². The molecule has 1 aromatic heterocycles. The van der Waals surface area contributed by atoms with Crippen LogP contribution in [0.1, 0.15) is 32.5 Å². The molecular formula is C12H20N4O4. The van der Waals surface area contributed by atoms with Crippen LogP contribution in [0.25, 0.3) is 0 Å². The van der Waals surface area contributed by atoms with Crippen molar-refractivity contribution < 1.29 is 19.2 Å². The van der Waals surface area contributed by atoms with Gasteiger partial charge in [0.25, 0.3) is 0 Å². The maximum Gasteiger partial charge on any atom is 0.315 e. The van der Waals surface area contributed by atoms with Crippen LogP contribution in [0.2, 0.25) is 0 Å². The SMILES string of the molecule is CC(C)CC(CNC(=O)NCc1ncon1)CC(=O)O. The van der Waals surface area contributed by atoms with Crippen LogP contribution in [0.15, 0.2) is 10.9 Å². The van der Waals surface area contributed by atoms with E-state index in [4.69, 9.17) is 5.11 Å². The largest absolute Gasteiger partial charge is 0.481 e. The van der Waals surface area contributed by atoms with Crippen molar-refractivity contribution in [2.75, 3.05) is 6.54 Å². The van der Waals surface area contributed by atoms with Gasteiger partial charge in [-0.3, -0.25) is 4.79 Å². The molecule has 0 aliphatic heterocycles. The van der Waals surface area contributed by atoms with E-state index < -0.39 is 5.97 Å². The highest BCUT2D eigenvalue weighted by Gasteiger charge is 2.16. The maximum absolute atomic E-state index is 11.6. The lowest BCUT2D eigenvalue weighted by atomic mass is 9.94. The molecule has 3 N–H and O–H groups in total. The molecule has 0 saturated heterocycles. The molecule has 112 valence electrons. The average Bonchev–Trinajstić information content (AvgIpc) is 2.85. The summed E-state index contributed by atoms with van der Waals surface area (Å²) in [5.74, 6) is -0.180. The molecule has 0 aromatic carbocycles. The van der Waals surface area contributed by atoms with Gasteiger partial charge in [0.2, 0.25) is 6.39 Å². The number of rotatable bonds is 8. The van der Waals surface area contributed by atoms with Gasteiger partial charge in [-0.15, -0.1) is 0 Å². The standard InChI is InChI=1S/C12H20N4O4/c1-8(2)3-9(4-11(17)18)5-13-12(19)14-6-10-15-7-20-16-10/h7-9H,3-6H2,1-2H3,(H,17,18)(H2,13,14,19). The van der Waals surface area contributed by atoms with Crippen molar-refractivity contribution in [3.8, 4) is 0 Å². The number of aliphatic carboxylic acids is 1. The van der Waals surface area contributed by atoms with Crippen LogP contribution in [0.3, 0.4) is 0 Å². The normalized spacial score (nSPS) is 12.2. The zero-order valence-corrected chi connectivity index (χ0v) is 11.6. The summed E-state index contributed by atoms with van der Waals surface area (Å²) >= 11 is 0. The fourth-order valence-corrected chi connectivity index (χ4v) is 1.88. The predicted molar refractivity (Wildman–Crippen MR) is 69.7 cm³/mol. The summed E-state index contributed by atoms with van der Waals surface area (Å²) in [6.45, 7) is 4.52. The Morgan fingerprint density at radius 1 is 1.40 bits per heavy atom. The fraction of sp³-hybridized carbons (Fsp3) is 0.667. The molecule has 1 heterocycles. The van der Waals surface area contributed by atoms with Crippen molar-refractivity contribution in [1.29, 1.82) is 0 Å². The average molecular weight is 284 g/mol. The second-order valence-electron chi connectivity index (χ2n) is 5.00. The van der Waals surface area contributed by atoms with E-state index in [0.29, 0.717) is 18.3 Å². The summed E-state index contributed by atoms with van der Waals surface area (Å²) in [5, 5.41) is 17.6. The van der Waals surface area contributed by atoms with Gasteiger partial charge in [0.1, 0.15) is 0 Å². The number of hydrogen-bond donors (Lipinski definition) is 3. The number of carbonyl (C=O) groups is 2. The second kappa shape index (κ2) is 8.13. The van der Waals surface area contributed by atoms with Crippen LogP contribution in [0.4, 0.5) is 4.79 Å². The zero-order valence-electron chi connectivity index (χ0n) is 11.6. The van der Waals surface area contributed by atoms with E-state index in [1.54, 1.807) is 0 Å². The minimum absolute atomic E-state index is 0.0449. The molecule has 0 bridgehead atoms. The van der Waals surface area contributed by atoms with Crippen molar-refractivity contribution in [3.05, 3.63) is 12.2 Å². The highest BCUT2D eigenvalue weighted by molar-refractivity contribution is 5.73. The third-order valence-electron chi connectivity index (χ3n) is 2.63. The highest BCUT2D eigenvalue weighted by Crippen LogP contribution is 2.14. The molecular weight excluding hydrogens is 264 g/mol. The molecule has 0 saturated carbocycles. The third-order valence-corrected chi connectivity index (χ3v) is 2.63. The number of carbonyl (C=O) groups excluding carboxylic acids is 1. The van der Waals surface area contributed by atoms with Gasteiger partial charge in [0.05, 0.1) is 6.54 Å². The second-order valence-corrected chi connectivity index (χ2v) is 5.00. The van der Waals surface area contributed by atoms with Crippen molar-refractivity contribution in [1.82, 2.24) is 20.8 Å². The minimum Gasteiger partial charge on any atom is -0.481 e. The number of nitrogens with one attached hydrogen (secondary N) is 2. The molecule has 20 heavy (non-hydrogen) atoms. The molecule has 8 nitrogen and oxygen atoms in total. The van der Waals surface area contributed by atoms with E-state index in [1.165, 1.54) is 6.39 Å². The van der Waals surface area contributed by atoms with E-state index in [1.807, 2.05) is 13.8 Å². The molecule has 1 atom stereocenters. The first-order valence-corrected chi connectivity index (χ1v) is 6.46. The molecule has 8 heteroatoms. The van der Waals surface area contributed by atoms with E-state index in [2.05, 4.69) is 25.3 Å². The van der Waals surface area contributed by atoms with Gasteiger partial charge in [-0.2, -0.15) is 4.98 Å². The zero-order chi connectivity index (χ0) is 15.0. The number of aromatic nitrogens is 2. The summed E-state index contributed by atoms with van der Waals surface area (Å²) in [7, 11) is 0. The van der Waals surface area contributed by atoms with Gasteiger partial charge in [-0.25, -0.2) is 4.79 Å². The number of urea groups is 1. The van der Waals surface area contributed by atoms with Crippen LogP contribution in [-0.4, -0.2) is 33.8 Å². The first-order valence-electron chi connectivity index (χ1n) is 6.46. The molecule has 1 unspecified atom stereocenters. The molecule has 0 aliphatic rings. The Bertz CT molecular complexity index is 419. The number of hydrogen-bond acceptors (Lipinski definition) is 5. The summed E-state index contributed by atoms with van der Waals surface area (Å²) in [6.07, 6.45) is 1.97. The highest BCUT2D eigenvalue weighted by atomic mass is 16.5. The number of amides is 2. The van der Waals surface area contributed by atoms with E-state index in [0.717, 1.165) is 6.42 Å². The Kier molecular flexibility index (Phi) is 6.48. The Morgan fingerprint density at radius 3 is 2.70 bits per heavy atom. The van der Waals surface area contributed by atoms with Gasteiger partial charge < -0.3 is 20.3 Å². The topological polar surface area (TPSA) is 117 Å². The third kappa shape index (κ3) is 6.72. The molecule has 1 rings (SSSR count). The first-order chi connectivity index (χ1) is 9.47. The molecule has 0 radical (unpaired) electrons. The van der Waals surface area contributed by atoms with Crippen molar-refractivity contribution >= 4 is 12.0 Å². The molecule has 1 aromatic rings. The van der Waals surface area contributed by atoms with Crippen LogP contribution < -0.4 is 10.6 Å². The summed E-state index contributed by atoms with van der Waals surface area (Å²) in [5.41, 5.74) is 0. The van der Waals surface area contributed by atoms with E-state index >= 15 is 0 Å². The van der Waals surface area contributed by atoms with Crippen molar-refractivity contribution in [2.45, 2.75) is 33.2 Å². The van der Waals surface area contributed by atoms with Crippen LogP contribution in [0.5, 0.6) is 0 Å². The smallest absolute Gasteiger partial charge is 0.315 e. The number of carboxylic acid groups (broad SMARTS) is 1.